The van der Waals surface area contributed by atoms with Crippen molar-refractivity contribution in [1.29, 1.82) is 0 Å². The van der Waals surface area contributed by atoms with Gasteiger partial charge in [-0.25, -0.2) is 0 Å². The molecule has 0 spiro atoms. The first-order valence-electron chi connectivity index (χ1n) is 9.21. The van der Waals surface area contributed by atoms with Crippen LogP contribution in [0, 0.1) is 6.92 Å². The molecule has 1 aromatic heterocycles. The molecule has 1 heteroatoms. The Kier molecular flexibility index (Phi) is 4.29. The lowest BCUT2D eigenvalue weighted by Crippen LogP contribution is -1.97. The Morgan fingerprint density at radius 3 is 2.22 bits per heavy atom. The molecule has 0 fully saturated rings. The third-order valence-electron chi connectivity index (χ3n) is 5.31. The number of rotatable bonds is 4. The van der Waals surface area contributed by atoms with Crippen molar-refractivity contribution in [3.05, 3.63) is 109 Å². The summed E-state index contributed by atoms with van der Waals surface area (Å²) in [6, 6.07) is 23.6. The van der Waals surface area contributed by atoms with E-state index in [1.807, 2.05) is 12.2 Å². The molecular weight excluding hydrogens is 326 g/mol. The molecule has 0 atom stereocenters. The molecule has 0 saturated carbocycles. The van der Waals surface area contributed by atoms with Crippen LogP contribution in [0.2, 0.25) is 0 Å². The minimum absolute atomic E-state index is 1.13. The largest absolute Gasteiger partial charge is 0.313 e. The average Bonchev–Trinajstić information content (AvgIpc) is 3.01. The van der Waals surface area contributed by atoms with E-state index in [2.05, 4.69) is 98.3 Å². The van der Waals surface area contributed by atoms with Crippen LogP contribution in [-0.2, 0) is 0 Å². The molecule has 4 rings (SSSR count). The quantitative estimate of drug-likeness (QED) is 0.342. The predicted molar refractivity (Wildman–Crippen MR) is 119 cm³/mol. The Morgan fingerprint density at radius 1 is 0.815 bits per heavy atom. The Hall–Kier alpha value is -3.32. The second kappa shape index (κ2) is 6.77. The SMILES string of the molecule is C=C/C(C)=C(\C=C)c1c(C)n(-c2ccccc2)c2c1ccc1ccccc12. The van der Waals surface area contributed by atoms with E-state index in [0.29, 0.717) is 0 Å². The van der Waals surface area contributed by atoms with Gasteiger partial charge in [-0.1, -0.05) is 79.9 Å². The van der Waals surface area contributed by atoms with Crippen LogP contribution in [0.15, 0.2) is 97.6 Å². The fraction of sp³-hybridized carbons (Fsp3) is 0.0769. The molecule has 3 aromatic carbocycles. The van der Waals surface area contributed by atoms with Crippen molar-refractivity contribution in [2.75, 3.05) is 0 Å². The molecule has 4 aromatic rings. The summed E-state index contributed by atoms with van der Waals surface area (Å²) in [7, 11) is 0. The second-order valence-electron chi connectivity index (χ2n) is 6.82. The van der Waals surface area contributed by atoms with Crippen molar-refractivity contribution in [2.24, 2.45) is 0 Å². The molecule has 1 nitrogen and oxygen atoms in total. The summed E-state index contributed by atoms with van der Waals surface area (Å²) in [5.74, 6) is 0. The standard InChI is InChI=1S/C26H23N/c1-5-18(3)22(6-2)25-19(4)27(21-13-8-7-9-14-21)26-23-15-11-10-12-20(23)16-17-24(25)26/h5-17H,1-2H2,3-4H3/b22-18+. The molecule has 27 heavy (non-hydrogen) atoms. The molecule has 0 aliphatic heterocycles. The van der Waals surface area contributed by atoms with Crippen LogP contribution in [0.3, 0.4) is 0 Å². The van der Waals surface area contributed by atoms with Crippen LogP contribution in [0.1, 0.15) is 18.2 Å². The first-order valence-corrected chi connectivity index (χ1v) is 9.21. The lowest BCUT2D eigenvalue weighted by molar-refractivity contribution is 1.05. The van der Waals surface area contributed by atoms with E-state index in [4.69, 9.17) is 0 Å². The lowest BCUT2D eigenvalue weighted by Gasteiger charge is -2.11. The Balaban J connectivity index is 2.25. The van der Waals surface area contributed by atoms with Crippen molar-refractivity contribution < 1.29 is 0 Å². The van der Waals surface area contributed by atoms with Gasteiger partial charge < -0.3 is 4.57 Å². The lowest BCUT2D eigenvalue weighted by atomic mass is 9.96. The summed E-state index contributed by atoms with van der Waals surface area (Å²) in [4.78, 5) is 0. The van der Waals surface area contributed by atoms with Gasteiger partial charge in [0.25, 0.3) is 0 Å². The number of hydrogen-bond acceptors (Lipinski definition) is 0. The van der Waals surface area contributed by atoms with Crippen molar-refractivity contribution in [2.45, 2.75) is 13.8 Å². The highest BCUT2D eigenvalue weighted by Crippen LogP contribution is 2.39. The van der Waals surface area contributed by atoms with Gasteiger partial charge in [-0.05, 0) is 42.5 Å². The van der Waals surface area contributed by atoms with Gasteiger partial charge in [0.15, 0.2) is 0 Å². The van der Waals surface area contributed by atoms with Crippen molar-refractivity contribution in [1.82, 2.24) is 4.57 Å². The van der Waals surface area contributed by atoms with E-state index >= 15 is 0 Å². The number of fused-ring (bicyclic) bond motifs is 3. The van der Waals surface area contributed by atoms with Gasteiger partial charge in [-0.3, -0.25) is 0 Å². The van der Waals surface area contributed by atoms with Gasteiger partial charge in [-0.2, -0.15) is 0 Å². The molecule has 0 saturated heterocycles. The van der Waals surface area contributed by atoms with E-state index in [-0.39, 0.29) is 0 Å². The summed E-state index contributed by atoms with van der Waals surface area (Å²) in [6.07, 6.45) is 3.85. The van der Waals surface area contributed by atoms with E-state index in [1.165, 1.54) is 38.6 Å². The summed E-state index contributed by atoms with van der Waals surface area (Å²) < 4.78 is 2.37. The van der Waals surface area contributed by atoms with Crippen LogP contribution < -0.4 is 0 Å². The fourth-order valence-corrected chi connectivity index (χ4v) is 3.98. The summed E-state index contributed by atoms with van der Waals surface area (Å²) >= 11 is 0. The number of allylic oxidation sites excluding steroid dienone is 4. The first kappa shape index (κ1) is 17.1. The van der Waals surface area contributed by atoms with E-state index < -0.39 is 0 Å². The molecule has 1 heterocycles. The molecule has 0 N–H and O–H groups in total. The zero-order chi connectivity index (χ0) is 19.0. The molecule has 0 aliphatic carbocycles. The summed E-state index contributed by atoms with van der Waals surface area (Å²) in [5.41, 5.74) is 7.12. The average molecular weight is 349 g/mol. The number of hydrogen-bond donors (Lipinski definition) is 0. The van der Waals surface area contributed by atoms with Crippen LogP contribution >= 0.6 is 0 Å². The fourth-order valence-electron chi connectivity index (χ4n) is 3.98. The molecular formula is C26H23N. The highest BCUT2D eigenvalue weighted by atomic mass is 15.0. The number of benzene rings is 3. The van der Waals surface area contributed by atoms with E-state index in [9.17, 15) is 0 Å². The maximum atomic E-state index is 4.08. The van der Waals surface area contributed by atoms with Crippen LogP contribution in [-0.4, -0.2) is 4.57 Å². The third kappa shape index (κ3) is 2.63. The molecule has 0 amide bonds. The minimum Gasteiger partial charge on any atom is -0.313 e. The molecule has 0 radical (unpaired) electrons. The monoisotopic (exact) mass is 349 g/mol. The third-order valence-corrected chi connectivity index (χ3v) is 5.31. The zero-order valence-corrected chi connectivity index (χ0v) is 15.9. The summed E-state index contributed by atoms with van der Waals surface area (Å²) in [5, 5.41) is 3.75. The number of nitrogens with zero attached hydrogens (tertiary/aromatic N) is 1. The van der Waals surface area contributed by atoms with Gasteiger partial charge >= 0.3 is 0 Å². The van der Waals surface area contributed by atoms with E-state index in [0.717, 1.165) is 11.1 Å². The Bertz CT molecular complexity index is 1200. The topological polar surface area (TPSA) is 4.93 Å². The van der Waals surface area contributed by atoms with Gasteiger partial charge in [-0.15, -0.1) is 0 Å². The van der Waals surface area contributed by atoms with Crippen molar-refractivity contribution >= 4 is 27.2 Å². The molecule has 0 unspecified atom stereocenters. The van der Waals surface area contributed by atoms with Crippen LogP contribution in [0.5, 0.6) is 0 Å². The normalized spacial score (nSPS) is 12.2. The van der Waals surface area contributed by atoms with Crippen LogP contribution in [0.25, 0.3) is 32.9 Å². The van der Waals surface area contributed by atoms with Gasteiger partial charge in [0.05, 0.1) is 5.52 Å². The maximum Gasteiger partial charge on any atom is 0.0616 e. The van der Waals surface area contributed by atoms with Crippen molar-refractivity contribution in [3.63, 3.8) is 0 Å². The Labute approximate surface area is 160 Å². The highest BCUT2D eigenvalue weighted by molar-refractivity contribution is 6.12. The smallest absolute Gasteiger partial charge is 0.0616 e. The number of aromatic nitrogens is 1. The first-order chi connectivity index (χ1) is 13.2. The molecule has 0 bridgehead atoms. The van der Waals surface area contributed by atoms with Gasteiger partial charge in [0.2, 0.25) is 0 Å². The van der Waals surface area contributed by atoms with Gasteiger partial charge in [0.1, 0.15) is 0 Å². The predicted octanol–water partition coefficient (Wildman–Crippen LogP) is 7.24. The van der Waals surface area contributed by atoms with Crippen LogP contribution in [0.4, 0.5) is 0 Å². The Morgan fingerprint density at radius 2 is 1.52 bits per heavy atom. The van der Waals surface area contributed by atoms with Gasteiger partial charge in [0, 0.05) is 27.7 Å². The number of para-hydroxylation sites is 1. The minimum atomic E-state index is 1.13. The van der Waals surface area contributed by atoms with Crippen molar-refractivity contribution in [3.8, 4) is 5.69 Å². The second-order valence-corrected chi connectivity index (χ2v) is 6.82. The van der Waals surface area contributed by atoms with E-state index in [1.54, 1.807) is 0 Å². The molecule has 132 valence electrons. The molecule has 0 aliphatic rings. The zero-order valence-electron chi connectivity index (χ0n) is 15.9. The maximum absolute atomic E-state index is 4.08. The highest BCUT2D eigenvalue weighted by Gasteiger charge is 2.19. The summed E-state index contributed by atoms with van der Waals surface area (Å²) in [6.45, 7) is 12.3.